The molecule has 3 heterocycles. The number of aromatic nitrogens is 4. The second-order valence-corrected chi connectivity index (χ2v) is 7.14. The molecule has 0 saturated carbocycles. The number of nitrogens with zero attached hydrogens (tertiary/aromatic N) is 5. The van der Waals surface area contributed by atoms with E-state index in [9.17, 15) is 0 Å². The Bertz CT molecular complexity index is 866. The molecule has 8 heteroatoms. The molecule has 4 rings (SSSR count). The number of piperidine rings is 1. The van der Waals surface area contributed by atoms with Gasteiger partial charge in [-0.15, -0.1) is 0 Å². The van der Waals surface area contributed by atoms with Crippen molar-refractivity contribution in [3.8, 4) is 11.6 Å². The lowest BCUT2D eigenvalue weighted by Gasteiger charge is -2.31. The fraction of sp³-hybridized carbons (Fsp3) is 0.333. The molecule has 2 aromatic heterocycles. The molecule has 1 atom stereocenters. The van der Waals surface area contributed by atoms with Gasteiger partial charge in [0.05, 0.1) is 6.20 Å². The van der Waals surface area contributed by atoms with Gasteiger partial charge in [-0.05, 0) is 31.5 Å². The van der Waals surface area contributed by atoms with Crippen LogP contribution in [-0.4, -0.2) is 38.1 Å². The zero-order valence-corrected chi connectivity index (χ0v) is 15.5. The van der Waals surface area contributed by atoms with Crippen LogP contribution >= 0.6 is 23.2 Å². The Balaban J connectivity index is 1.48. The van der Waals surface area contributed by atoms with E-state index >= 15 is 0 Å². The molecule has 6 nitrogen and oxygen atoms in total. The molecule has 1 saturated heterocycles. The van der Waals surface area contributed by atoms with Crippen molar-refractivity contribution in [3.63, 3.8) is 0 Å². The highest BCUT2D eigenvalue weighted by molar-refractivity contribution is 6.35. The smallest absolute Gasteiger partial charge is 0.278 e. The highest BCUT2D eigenvalue weighted by Gasteiger charge is 2.26. The lowest BCUT2D eigenvalue weighted by atomic mass is 9.97. The minimum absolute atomic E-state index is 0.208. The van der Waals surface area contributed by atoms with Crippen LogP contribution in [0.5, 0.6) is 0 Å². The maximum atomic E-state index is 6.31. The second-order valence-electron chi connectivity index (χ2n) is 6.32. The van der Waals surface area contributed by atoms with Crippen LogP contribution in [0.1, 0.15) is 30.1 Å². The topological polar surface area (TPSA) is 67.9 Å². The summed E-state index contributed by atoms with van der Waals surface area (Å²) in [5, 5.41) is 5.56. The molecule has 1 aliphatic heterocycles. The minimum Gasteiger partial charge on any atom is -0.332 e. The van der Waals surface area contributed by atoms with Crippen LogP contribution in [0.4, 0.5) is 0 Å². The molecule has 0 N–H and O–H groups in total. The first-order valence-corrected chi connectivity index (χ1v) is 9.21. The Kier molecular flexibility index (Phi) is 5.15. The summed E-state index contributed by atoms with van der Waals surface area (Å²) in [7, 11) is 0. The van der Waals surface area contributed by atoms with E-state index < -0.39 is 0 Å². The summed E-state index contributed by atoms with van der Waals surface area (Å²) in [6, 6.07) is 5.60. The van der Waals surface area contributed by atoms with E-state index in [-0.39, 0.29) is 5.92 Å². The Morgan fingerprint density at radius 3 is 2.81 bits per heavy atom. The Morgan fingerprint density at radius 1 is 1.19 bits per heavy atom. The molecule has 134 valence electrons. The van der Waals surface area contributed by atoms with Gasteiger partial charge in [-0.2, -0.15) is 4.98 Å². The quantitative estimate of drug-likeness (QED) is 0.665. The van der Waals surface area contributed by atoms with E-state index in [4.69, 9.17) is 27.7 Å². The van der Waals surface area contributed by atoms with Crippen molar-refractivity contribution in [1.82, 2.24) is 25.0 Å². The molecular formula is C18H17Cl2N5O. The molecule has 0 amide bonds. The van der Waals surface area contributed by atoms with Crippen LogP contribution in [0.15, 0.2) is 41.3 Å². The average Bonchev–Trinajstić information content (AvgIpc) is 3.16. The third-order valence-electron chi connectivity index (χ3n) is 4.54. The third-order valence-corrected chi connectivity index (χ3v) is 5.25. The molecule has 0 unspecified atom stereocenters. The van der Waals surface area contributed by atoms with Crippen LogP contribution in [-0.2, 0) is 6.54 Å². The zero-order valence-electron chi connectivity index (χ0n) is 14.0. The number of rotatable bonds is 4. The van der Waals surface area contributed by atoms with Gasteiger partial charge in [0.1, 0.15) is 5.69 Å². The van der Waals surface area contributed by atoms with E-state index in [1.807, 2.05) is 18.2 Å². The van der Waals surface area contributed by atoms with Gasteiger partial charge >= 0.3 is 0 Å². The monoisotopic (exact) mass is 389 g/mol. The highest BCUT2D eigenvalue weighted by atomic mass is 35.5. The lowest BCUT2D eigenvalue weighted by Crippen LogP contribution is -2.34. The van der Waals surface area contributed by atoms with Gasteiger partial charge in [0.2, 0.25) is 0 Å². The summed E-state index contributed by atoms with van der Waals surface area (Å²) in [6.07, 6.45) is 6.91. The van der Waals surface area contributed by atoms with Gasteiger partial charge in [0, 0.05) is 47.0 Å². The van der Waals surface area contributed by atoms with Crippen LogP contribution in [0.25, 0.3) is 11.6 Å². The fourth-order valence-electron chi connectivity index (χ4n) is 3.23. The van der Waals surface area contributed by atoms with Crippen molar-refractivity contribution in [2.24, 2.45) is 0 Å². The summed E-state index contributed by atoms with van der Waals surface area (Å²) >= 11 is 12.6. The molecule has 0 radical (unpaired) electrons. The summed E-state index contributed by atoms with van der Waals surface area (Å²) in [5.74, 6) is 1.32. The summed E-state index contributed by atoms with van der Waals surface area (Å²) < 4.78 is 5.37. The normalized spacial score (nSPS) is 18.2. The average molecular weight is 390 g/mol. The number of hydrogen-bond donors (Lipinski definition) is 0. The standard InChI is InChI=1S/C18H17Cl2N5O/c19-14-4-1-5-15(20)13(14)11-25-8-2-3-12(10-25)17-23-18(26-24-17)16-9-21-6-7-22-16/h1,4-7,9,12H,2-3,8,10-11H2/t12-/m0/s1. The Labute approximate surface area is 161 Å². The fourth-order valence-corrected chi connectivity index (χ4v) is 3.75. The molecule has 3 aromatic rings. The molecular weight excluding hydrogens is 373 g/mol. The summed E-state index contributed by atoms with van der Waals surface area (Å²) in [5.41, 5.74) is 1.55. The number of halogens is 2. The van der Waals surface area contributed by atoms with E-state index in [2.05, 4.69) is 25.0 Å². The first-order chi connectivity index (χ1) is 12.7. The van der Waals surface area contributed by atoms with E-state index in [0.717, 1.165) is 31.5 Å². The molecule has 0 spiro atoms. The molecule has 1 aromatic carbocycles. The van der Waals surface area contributed by atoms with Crippen LogP contribution in [0.3, 0.4) is 0 Å². The van der Waals surface area contributed by atoms with Gasteiger partial charge in [-0.25, -0.2) is 4.98 Å². The van der Waals surface area contributed by atoms with E-state index in [1.165, 1.54) is 0 Å². The van der Waals surface area contributed by atoms with Crippen LogP contribution in [0.2, 0.25) is 10.0 Å². The summed E-state index contributed by atoms with van der Waals surface area (Å²) in [6.45, 7) is 2.54. The molecule has 1 fully saturated rings. The maximum absolute atomic E-state index is 6.31. The van der Waals surface area contributed by atoms with Crippen molar-refractivity contribution in [2.75, 3.05) is 13.1 Å². The van der Waals surface area contributed by atoms with E-state index in [1.54, 1.807) is 18.6 Å². The van der Waals surface area contributed by atoms with Crippen molar-refractivity contribution in [1.29, 1.82) is 0 Å². The molecule has 0 aliphatic carbocycles. The number of likely N-dealkylation sites (tertiary alicyclic amines) is 1. The van der Waals surface area contributed by atoms with Crippen molar-refractivity contribution in [2.45, 2.75) is 25.3 Å². The van der Waals surface area contributed by atoms with Crippen molar-refractivity contribution >= 4 is 23.2 Å². The first-order valence-electron chi connectivity index (χ1n) is 8.46. The third kappa shape index (κ3) is 3.72. The minimum atomic E-state index is 0.208. The predicted molar refractivity (Wildman–Crippen MR) is 99.0 cm³/mol. The Morgan fingerprint density at radius 2 is 2.04 bits per heavy atom. The SMILES string of the molecule is Clc1cccc(Cl)c1CN1CCC[C@H](c2noc(-c3cnccn3)n2)C1. The van der Waals surface area contributed by atoms with Gasteiger partial charge in [-0.3, -0.25) is 9.88 Å². The highest BCUT2D eigenvalue weighted by Crippen LogP contribution is 2.30. The van der Waals surface area contributed by atoms with Crippen molar-refractivity contribution in [3.05, 3.63) is 58.2 Å². The number of benzene rings is 1. The molecule has 1 aliphatic rings. The van der Waals surface area contributed by atoms with Gasteiger partial charge in [0.15, 0.2) is 5.82 Å². The van der Waals surface area contributed by atoms with Gasteiger partial charge < -0.3 is 4.52 Å². The molecule has 0 bridgehead atoms. The Hall–Kier alpha value is -2.02. The lowest BCUT2D eigenvalue weighted by molar-refractivity contribution is 0.195. The van der Waals surface area contributed by atoms with Gasteiger partial charge in [-0.1, -0.05) is 34.4 Å². The predicted octanol–water partition coefficient (Wildman–Crippen LogP) is 4.21. The second kappa shape index (κ2) is 7.70. The zero-order chi connectivity index (χ0) is 17.9. The number of hydrogen-bond acceptors (Lipinski definition) is 6. The molecule has 26 heavy (non-hydrogen) atoms. The van der Waals surface area contributed by atoms with Crippen LogP contribution in [0, 0.1) is 0 Å². The first kappa shape index (κ1) is 17.4. The van der Waals surface area contributed by atoms with Gasteiger partial charge in [0.25, 0.3) is 5.89 Å². The summed E-state index contributed by atoms with van der Waals surface area (Å²) in [4.78, 5) is 15.1. The largest absolute Gasteiger partial charge is 0.332 e. The van der Waals surface area contributed by atoms with Crippen molar-refractivity contribution < 1.29 is 4.52 Å². The maximum Gasteiger partial charge on any atom is 0.278 e. The van der Waals surface area contributed by atoms with E-state index in [0.29, 0.717) is 34.0 Å². The van der Waals surface area contributed by atoms with Crippen LogP contribution < -0.4 is 0 Å².